The molecule has 0 spiro atoms. The largest absolute Gasteiger partial charge is 0.324 e. The molecule has 1 heterocycles. The van der Waals surface area contributed by atoms with Gasteiger partial charge in [0.05, 0.1) is 0 Å². The first-order valence-corrected chi connectivity index (χ1v) is 7.64. The highest BCUT2D eigenvalue weighted by molar-refractivity contribution is 7.99. The third-order valence-corrected chi connectivity index (χ3v) is 3.93. The van der Waals surface area contributed by atoms with Crippen LogP contribution >= 0.6 is 11.8 Å². The number of aryl methyl sites for hydroxylation is 1. The van der Waals surface area contributed by atoms with E-state index < -0.39 is 0 Å². The van der Waals surface area contributed by atoms with Gasteiger partial charge >= 0.3 is 0 Å². The summed E-state index contributed by atoms with van der Waals surface area (Å²) in [5.74, 6) is -0.326. The Labute approximate surface area is 127 Å². The number of halogens is 1. The van der Waals surface area contributed by atoms with Crippen molar-refractivity contribution in [2.24, 2.45) is 5.73 Å². The second-order valence-corrected chi connectivity index (χ2v) is 5.90. The predicted molar refractivity (Wildman–Crippen MR) is 82.0 cm³/mol. The van der Waals surface area contributed by atoms with Crippen LogP contribution in [0.4, 0.5) is 4.39 Å². The zero-order chi connectivity index (χ0) is 15.4. The van der Waals surface area contributed by atoms with Crippen molar-refractivity contribution in [3.63, 3.8) is 0 Å². The highest BCUT2D eigenvalue weighted by atomic mass is 32.2. The molecule has 2 aromatic rings. The Hall–Kier alpha value is -1.66. The van der Waals surface area contributed by atoms with Gasteiger partial charge in [-0.15, -0.1) is 0 Å². The molecule has 2 rings (SSSR count). The van der Waals surface area contributed by atoms with E-state index in [9.17, 15) is 9.18 Å². The highest BCUT2D eigenvalue weighted by Crippen LogP contribution is 2.31. The van der Waals surface area contributed by atoms with Crippen molar-refractivity contribution in [2.45, 2.75) is 42.8 Å². The molecule has 0 aliphatic rings. The molecular weight excluding hydrogens is 289 g/mol. The molecule has 3 N–H and O–H groups in total. The first-order chi connectivity index (χ1) is 9.99. The summed E-state index contributed by atoms with van der Waals surface area (Å²) in [6.07, 6.45) is 1.67. The van der Waals surface area contributed by atoms with Crippen LogP contribution in [0.15, 0.2) is 39.1 Å². The standard InChI is InChI=1S/C15H18FN3OS/c1-3-4-11-8-14(20)19-15(18-11)21-13-6-5-10(16)7-12(13)9(2)17/h5-9H,3-4,17H2,1-2H3,(H,18,19,20). The number of hydrogen-bond donors (Lipinski definition) is 2. The van der Waals surface area contributed by atoms with Crippen molar-refractivity contribution in [1.82, 2.24) is 9.97 Å². The van der Waals surface area contributed by atoms with Crippen LogP contribution in [0.1, 0.15) is 37.6 Å². The summed E-state index contributed by atoms with van der Waals surface area (Å²) >= 11 is 1.29. The van der Waals surface area contributed by atoms with Gasteiger partial charge in [-0.25, -0.2) is 9.37 Å². The number of benzene rings is 1. The Morgan fingerprint density at radius 2 is 2.19 bits per heavy atom. The Kier molecular flexibility index (Phi) is 5.14. The predicted octanol–water partition coefficient (Wildman–Crippen LogP) is 3.03. The van der Waals surface area contributed by atoms with Gasteiger partial charge in [-0.2, -0.15) is 0 Å². The zero-order valence-corrected chi connectivity index (χ0v) is 12.8. The maximum Gasteiger partial charge on any atom is 0.251 e. The Bertz CT molecular complexity index is 685. The molecule has 1 aromatic heterocycles. The quantitative estimate of drug-likeness (QED) is 0.833. The van der Waals surface area contributed by atoms with Crippen LogP contribution in [-0.4, -0.2) is 9.97 Å². The summed E-state index contributed by atoms with van der Waals surface area (Å²) in [5.41, 5.74) is 7.15. The average molecular weight is 307 g/mol. The van der Waals surface area contributed by atoms with Gasteiger partial charge in [-0.3, -0.25) is 4.79 Å². The van der Waals surface area contributed by atoms with Gasteiger partial charge in [-0.1, -0.05) is 25.1 Å². The number of aromatic nitrogens is 2. The van der Waals surface area contributed by atoms with Crippen LogP contribution in [0.3, 0.4) is 0 Å². The van der Waals surface area contributed by atoms with E-state index >= 15 is 0 Å². The second-order valence-electron chi connectivity index (χ2n) is 4.86. The molecule has 21 heavy (non-hydrogen) atoms. The topological polar surface area (TPSA) is 71.8 Å². The second kappa shape index (κ2) is 6.87. The lowest BCUT2D eigenvalue weighted by atomic mass is 10.1. The fraction of sp³-hybridized carbons (Fsp3) is 0.333. The third kappa shape index (κ3) is 4.15. The minimum absolute atomic E-state index is 0.180. The molecular formula is C15H18FN3OS. The summed E-state index contributed by atoms with van der Waals surface area (Å²) in [6, 6.07) is 5.66. The molecule has 1 unspecified atom stereocenters. The van der Waals surface area contributed by atoms with E-state index in [0.29, 0.717) is 10.7 Å². The van der Waals surface area contributed by atoms with Crippen molar-refractivity contribution < 1.29 is 4.39 Å². The molecule has 0 bridgehead atoms. The Morgan fingerprint density at radius 3 is 2.86 bits per heavy atom. The van der Waals surface area contributed by atoms with E-state index in [0.717, 1.165) is 23.4 Å². The number of nitrogens with one attached hydrogen (secondary N) is 1. The fourth-order valence-electron chi connectivity index (χ4n) is 1.99. The molecule has 0 saturated carbocycles. The lowest BCUT2D eigenvalue weighted by Crippen LogP contribution is -2.11. The van der Waals surface area contributed by atoms with Gasteiger partial charge in [0.25, 0.3) is 5.56 Å². The van der Waals surface area contributed by atoms with E-state index in [-0.39, 0.29) is 17.4 Å². The van der Waals surface area contributed by atoms with E-state index in [1.165, 1.54) is 30.0 Å². The highest BCUT2D eigenvalue weighted by Gasteiger charge is 2.11. The molecule has 0 aliphatic carbocycles. The summed E-state index contributed by atoms with van der Waals surface area (Å²) in [6.45, 7) is 3.83. The summed E-state index contributed by atoms with van der Waals surface area (Å²) in [4.78, 5) is 19.6. The minimum Gasteiger partial charge on any atom is -0.324 e. The van der Waals surface area contributed by atoms with E-state index in [4.69, 9.17) is 5.73 Å². The molecule has 0 radical (unpaired) electrons. The molecule has 1 atom stereocenters. The minimum atomic E-state index is -0.326. The summed E-state index contributed by atoms with van der Waals surface area (Å²) in [5, 5.41) is 0.499. The van der Waals surface area contributed by atoms with Gasteiger partial charge < -0.3 is 10.7 Å². The van der Waals surface area contributed by atoms with E-state index in [2.05, 4.69) is 9.97 Å². The van der Waals surface area contributed by atoms with Crippen LogP contribution in [0.25, 0.3) is 0 Å². The molecule has 0 amide bonds. The number of rotatable bonds is 5. The van der Waals surface area contributed by atoms with Gasteiger partial charge in [0, 0.05) is 22.7 Å². The van der Waals surface area contributed by atoms with E-state index in [1.807, 2.05) is 6.92 Å². The lowest BCUT2D eigenvalue weighted by molar-refractivity contribution is 0.619. The molecule has 112 valence electrons. The number of nitrogens with two attached hydrogens (primary N) is 1. The number of H-pyrrole nitrogens is 1. The zero-order valence-electron chi connectivity index (χ0n) is 12.0. The van der Waals surface area contributed by atoms with Crippen molar-refractivity contribution in [3.8, 4) is 0 Å². The first-order valence-electron chi connectivity index (χ1n) is 6.82. The van der Waals surface area contributed by atoms with Crippen LogP contribution in [-0.2, 0) is 6.42 Å². The first kappa shape index (κ1) is 15.7. The van der Waals surface area contributed by atoms with Crippen molar-refractivity contribution in [1.29, 1.82) is 0 Å². The summed E-state index contributed by atoms with van der Waals surface area (Å²) < 4.78 is 13.3. The van der Waals surface area contributed by atoms with Crippen LogP contribution < -0.4 is 11.3 Å². The van der Waals surface area contributed by atoms with Gasteiger partial charge in [0.15, 0.2) is 5.16 Å². The Morgan fingerprint density at radius 1 is 1.43 bits per heavy atom. The molecule has 0 aliphatic heterocycles. The van der Waals surface area contributed by atoms with Crippen molar-refractivity contribution in [3.05, 3.63) is 51.7 Å². The van der Waals surface area contributed by atoms with Crippen molar-refractivity contribution >= 4 is 11.8 Å². The molecule has 0 saturated heterocycles. The fourth-order valence-corrected chi connectivity index (χ4v) is 3.01. The van der Waals surface area contributed by atoms with Crippen molar-refractivity contribution in [2.75, 3.05) is 0 Å². The van der Waals surface area contributed by atoms with Crippen LogP contribution in [0, 0.1) is 5.82 Å². The summed E-state index contributed by atoms with van der Waals surface area (Å²) in [7, 11) is 0. The maximum atomic E-state index is 13.3. The molecule has 1 aromatic carbocycles. The van der Waals surface area contributed by atoms with Gasteiger partial charge in [-0.05, 0) is 37.1 Å². The van der Waals surface area contributed by atoms with Gasteiger partial charge in [0.2, 0.25) is 0 Å². The molecule has 6 heteroatoms. The molecule has 0 fully saturated rings. The van der Waals surface area contributed by atoms with Crippen LogP contribution in [0.5, 0.6) is 0 Å². The average Bonchev–Trinajstić information content (AvgIpc) is 2.40. The normalized spacial score (nSPS) is 12.4. The van der Waals surface area contributed by atoms with E-state index in [1.54, 1.807) is 13.0 Å². The van der Waals surface area contributed by atoms with Gasteiger partial charge in [0.1, 0.15) is 5.82 Å². The number of hydrogen-bond acceptors (Lipinski definition) is 4. The third-order valence-electron chi connectivity index (χ3n) is 2.95. The molecule has 4 nitrogen and oxygen atoms in total. The smallest absolute Gasteiger partial charge is 0.251 e. The number of nitrogens with zero attached hydrogens (tertiary/aromatic N) is 1. The monoisotopic (exact) mass is 307 g/mol. The lowest BCUT2D eigenvalue weighted by Gasteiger charge is -2.12. The SMILES string of the molecule is CCCc1cc(=O)[nH]c(Sc2ccc(F)cc2C(C)N)n1. The maximum absolute atomic E-state index is 13.3. The number of aromatic amines is 1. The van der Waals surface area contributed by atoms with Crippen LogP contribution in [0.2, 0.25) is 0 Å². The Balaban J connectivity index is 2.36.